The summed E-state index contributed by atoms with van der Waals surface area (Å²) in [5.74, 6) is 0. The molecule has 2 N–H and O–H groups in total. The van der Waals surface area contributed by atoms with Gasteiger partial charge >= 0.3 is 0 Å². The first-order chi connectivity index (χ1) is 12.7. The highest BCUT2D eigenvalue weighted by molar-refractivity contribution is 5.40. The van der Waals surface area contributed by atoms with Crippen molar-refractivity contribution in [2.75, 3.05) is 26.2 Å². The molecule has 1 aromatic carbocycles. The number of pyridine rings is 1. The molecule has 0 spiro atoms. The first-order valence-corrected chi connectivity index (χ1v) is 9.38. The van der Waals surface area contributed by atoms with Crippen molar-refractivity contribution in [1.29, 1.82) is 0 Å². The molecule has 4 rings (SSSR count). The van der Waals surface area contributed by atoms with E-state index in [4.69, 9.17) is 4.98 Å². The minimum atomic E-state index is 0.0239. The summed E-state index contributed by atoms with van der Waals surface area (Å²) in [5.41, 5.74) is 4.01. The van der Waals surface area contributed by atoms with Crippen LogP contribution in [0.1, 0.15) is 17.0 Å². The third-order valence-corrected chi connectivity index (χ3v) is 5.33. The lowest BCUT2D eigenvalue weighted by atomic mass is 10.2. The van der Waals surface area contributed by atoms with Gasteiger partial charge in [0.2, 0.25) is 0 Å². The Kier molecular flexibility index (Phi) is 4.82. The van der Waals surface area contributed by atoms with Crippen LogP contribution >= 0.6 is 0 Å². The van der Waals surface area contributed by atoms with Crippen LogP contribution in [0.2, 0.25) is 0 Å². The van der Waals surface area contributed by atoms with Crippen LogP contribution in [0.4, 0.5) is 0 Å². The highest BCUT2D eigenvalue weighted by atomic mass is 16.1. The van der Waals surface area contributed by atoms with E-state index >= 15 is 0 Å². The van der Waals surface area contributed by atoms with Gasteiger partial charge < -0.3 is 9.80 Å². The van der Waals surface area contributed by atoms with Crippen molar-refractivity contribution in [3.8, 4) is 0 Å². The number of nitrogens with one attached hydrogen (secondary N) is 2. The van der Waals surface area contributed by atoms with Gasteiger partial charge in [-0.15, -0.1) is 0 Å². The first-order valence-electron chi connectivity index (χ1n) is 9.38. The molecule has 0 aliphatic carbocycles. The molecule has 0 unspecified atom stereocenters. The molecule has 134 valence electrons. The average Bonchev–Trinajstić information content (AvgIpc) is 2.64. The van der Waals surface area contributed by atoms with E-state index in [-0.39, 0.29) is 5.56 Å². The van der Waals surface area contributed by atoms with Gasteiger partial charge in [-0.05, 0) is 19.1 Å². The van der Waals surface area contributed by atoms with Crippen LogP contribution in [0.15, 0.2) is 59.4 Å². The third kappa shape index (κ3) is 3.69. The van der Waals surface area contributed by atoms with Crippen molar-refractivity contribution in [3.63, 3.8) is 0 Å². The molecule has 26 heavy (non-hydrogen) atoms. The Morgan fingerprint density at radius 3 is 2.35 bits per heavy atom. The minimum Gasteiger partial charge on any atom is -0.322 e. The molecule has 0 amide bonds. The standard InChI is InChI=1S/C21H24N4O/c1-17-6-5-9-20-22-19(14-21(26)25(17)20)16-24-12-10-23(11-13-24)15-18-7-3-2-4-8-18/h2-9,14H,10-13,15-16H2,1H3/p+2. The van der Waals surface area contributed by atoms with E-state index in [0.717, 1.165) is 56.3 Å². The normalized spacial score (nSPS) is 20.3. The molecule has 3 heterocycles. The molecule has 5 nitrogen and oxygen atoms in total. The highest BCUT2D eigenvalue weighted by Gasteiger charge is 2.23. The van der Waals surface area contributed by atoms with Gasteiger partial charge in [-0.2, -0.15) is 0 Å². The summed E-state index contributed by atoms with van der Waals surface area (Å²) in [5, 5.41) is 0. The highest BCUT2D eigenvalue weighted by Crippen LogP contribution is 2.02. The summed E-state index contributed by atoms with van der Waals surface area (Å²) >= 11 is 0. The number of benzene rings is 1. The zero-order chi connectivity index (χ0) is 17.9. The maximum atomic E-state index is 12.4. The largest absolute Gasteiger partial charge is 0.322 e. The number of quaternary nitrogens is 2. The molecule has 1 aliphatic rings. The van der Waals surface area contributed by atoms with E-state index in [1.165, 1.54) is 10.5 Å². The summed E-state index contributed by atoms with van der Waals surface area (Å²) < 4.78 is 1.68. The predicted molar refractivity (Wildman–Crippen MR) is 101 cm³/mol. The number of aryl methyl sites for hydroxylation is 1. The van der Waals surface area contributed by atoms with Gasteiger partial charge in [0.1, 0.15) is 50.6 Å². The number of rotatable bonds is 4. The Morgan fingerprint density at radius 2 is 1.62 bits per heavy atom. The zero-order valence-corrected chi connectivity index (χ0v) is 15.2. The molecule has 0 atom stereocenters. The van der Waals surface area contributed by atoms with E-state index in [1.54, 1.807) is 15.4 Å². The van der Waals surface area contributed by atoms with Gasteiger partial charge in [-0.25, -0.2) is 4.98 Å². The Balaban J connectivity index is 1.40. The molecule has 0 radical (unpaired) electrons. The number of aromatic nitrogens is 2. The third-order valence-electron chi connectivity index (χ3n) is 5.33. The molecule has 1 saturated heterocycles. The maximum Gasteiger partial charge on any atom is 0.258 e. The summed E-state index contributed by atoms with van der Waals surface area (Å²) in [6.07, 6.45) is 0. The lowest BCUT2D eigenvalue weighted by Crippen LogP contribution is -3.27. The second-order valence-corrected chi connectivity index (χ2v) is 7.29. The van der Waals surface area contributed by atoms with Gasteiger partial charge in [0, 0.05) is 17.3 Å². The summed E-state index contributed by atoms with van der Waals surface area (Å²) in [4.78, 5) is 20.3. The van der Waals surface area contributed by atoms with E-state index in [1.807, 2.05) is 25.1 Å². The fourth-order valence-corrected chi connectivity index (χ4v) is 3.91. The monoisotopic (exact) mass is 350 g/mol. The van der Waals surface area contributed by atoms with Gasteiger partial charge in [-0.1, -0.05) is 36.4 Å². The van der Waals surface area contributed by atoms with Crippen molar-refractivity contribution >= 4 is 5.65 Å². The first kappa shape index (κ1) is 16.9. The van der Waals surface area contributed by atoms with E-state index in [2.05, 4.69) is 30.3 Å². The Bertz CT molecular complexity index is 943. The maximum absolute atomic E-state index is 12.4. The Hall–Kier alpha value is -2.50. The molecule has 0 saturated carbocycles. The predicted octanol–water partition coefficient (Wildman–Crippen LogP) is -0.513. The number of fused-ring (bicyclic) bond motifs is 1. The topological polar surface area (TPSA) is 43.2 Å². The quantitative estimate of drug-likeness (QED) is 0.666. The van der Waals surface area contributed by atoms with E-state index in [0.29, 0.717) is 0 Å². The lowest BCUT2D eigenvalue weighted by Gasteiger charge is -2.29. The van der Waals surface area contributed by atoms with Crippen LogP contribution in [0, 0.1) is 6.92 Å². The smallest absolute Gasteiger partial charge is 0.258 e. The van der Waals surface area contributed by atoms with Crippen molar-refractivity contribution < 1.29 is 9.80 Å². The van der Waals surface area contributed by atoms with E-state index < -0.39 is 0 Å². The molecular weight excluding hydrogens is 324 g/mol. The minimum absolute atomic E-state index is 0.0239. The van der Waals surface area contributed by atoms with Crippen LogP contribution in [-0.2, 0) is 13.1 Å². The van der Waals surface area contributed by atoms with Gasteiger partial charge in [0.25, 0.3) is 5.56 Å². The second-order valence-electron chi connectivity index (χ2n) is 7.29. The summed E-state index contributed by atoms with van der Waals surface area (Å²) in [6, 6.07) is 18.2. The van der Waals surface area contributed by atoms with Crippen LogP contribution in [-0.4, -0.2) is 35.6 Å². The van der Waals surface area contributed by atoms with E-state index in [9.17, 15) is 4.79 Å². The summed E-state index contributed by atoms with van der Waals surface area (Å²) in [6.45, 7) is 8.44. The molecule has 2 aromatic heterocycles. The second kappa shape index (κ2) is 7.40. The lowest BCUT2D eigenvalue weighted by molar-refractivity contribution is -1.02. The van der Waals surface area contributed by atoms with Gasteiger partial charge in [0.05, 0.1) is 0 Å². The van der Waals surface area contributed by atoms with Crippen LogP contribution in [0.3, 0.4) is 0 Å². The fraction of sp³-hybridized carbons (Fsp3) is 0.333. The van der Waals surface area contributed by atoms with Crippen LogP contribution in [0.25, 0.3) is 5.65 Å². The van der Waals surface area contributed by atoms with Crippen molar-refractivity contribution in [3.05, 3.63) is 81.9 Å². The molecular formula is C21H26N4O+2. The van der Waals surface area contributed by atoms with Gasteiger partial charge in [-0.3, -0.25) is 9.20 Å². The fourth-order valence-electron chi connectivity index (χ4n) is 3.91. The van der Waals surface area contributed by atoms with Crippen molar-refractivity contribution in [2.24, 2.45) is 0 Å². The molecule has 0 bridgehead atoms. The number of hydrogen-bond donors (Lipinski definition) is 2. The molecule has 3 aromatic rings. The van der Waals surface area contributed by atoms with Crippen molar-refractivity contribution in [2.45, 2.75) is 20.0 Å². The zero-order valence-electron chi connectivity index (χ0n) is 15.2. The van der Waals surface area contributed by atoms with Crippen LogP contribution in [0.5, 0.6) is 0 Å². The number of nitrogens with zero attached hydrogens (tertiary/aromatic N) is 2. The molecule has 5 heteroatoms. The molecule has 1 aliphatic heterocycles. The Labute approximate surface area is 153 Å². The van der Waals surface area contributed by atoms with Crippen LogP contribution < -0.4 is 15.4 Å². The summed E-state index contributed by atoms with van der Waals surface area (Å²) in [7, 11) is 0. The number of hydrogen-bond acceptors (Lipinski definition) is 2. The van der Waals surface area contributed by atoms with Gasteiger partial charge in [0.15, 0.2) is 0 Å². The average molecular weight is 350 g/mol. The number of piperazine rings is 1. The SMILES string of the molecule is Cc1cccc2nc(C[NH+]3CC[NH+](Cc4ccccc4)CC3)cc(=O)n12. The molecule has 1 fully saturated rings. The van der Waals surface area contributed by atoms with Crippen molar-refractivity contribution in [1.82, 2.24) is 9.38 Å². The Morgan fingerprint density at radius 1 is 0.923 bits per heavy atom.